The molecule has 0 aliphatic rings. The smallest absolute Gasteiger partial charge is 0.171 e. The molecular formula is C16H23N3S. The van der Waals surface area contributed by atoms with Crippen molar-refractivity contribution in [1.29, 1.82) is 0 Å². The van der Waals surface area contributed by atoms with Gasteiger partial charge in [0.05, 0.1) is 4.88 Å². The molecule has 0 aliphatic heterocycles. The zero-order valence-electron chi connectivity index (χ0n) is 12.7. The summed E-state index contributed by atoms with van der Waals surface area (Å²) in [4.78, 5) is 11.9. The first-order valence-corrected chi connectivity index (χ1v) is 8.15. The molecule has 0 bridgehead atoms. The van der Waals surface area contributed by atoms with Gasteiger partial charge in [0.1, 0.15) is 5.82 Å². The van der Waals surface area contributed by atoms with Crippen LogP contribution in [-0.4, -0.2) is 16.5 Å². The van der Waals surface area contributed by atoms with Crippen molar-refractivity contribution in [3.05, 3.63) is 28.8 Å². The SMILES string of the molecule is CCNc1cc(CC(C)C)nc(-c2ccc(CC)s2)n1. The van der Waals surface area contributed by atoms with Crippen molar-refractivity contribution in [2.45, 2.75) is 40.5 Å². The average molecular weight is 289 g/mol. The van der Waals surface area contributed by atoms with Crippen LogP contribution in [0.3, 0.4) is 0 Å². The summed E-state index contributed by atoms with van der Waals surface area (Å²) < 4.78 is 0. The van der Waals surface area contributed by atoms with E-state index in [0.29, 0.717) is 5.92 Å². The lowest BCUT2D eigenvalue weighted by molar-refractivity contribution is 0.635. The Balaban J connectivity index is 2.37. The highest BCUT2D eigenvalue weighted by molar-refractivity contribution is 7.15. The standard InChI is InChI=1S/C16H23N3S/c1-5-13-7-8-14(20-13)16-18-12(9-11(3)4)10-15(19-16)17-6-2/h7-8,10-11H,5-6,9H2,1-4H3,(H,17,18,19). The van der Waals surface area contributed by atoms with Gasteiger partial charge in [-0.3, -0.25) is 0 Å². The summed E-state index contributed by atoms with van der Waals surface area (Å²) in [5, 5.41) is 3.31. The van der Waals surface area contributed by atoms with E-state index in [9.17, 15) is 0 Å². The maximum atomic E-state index is 4.73. The maximum Gasteiger partial charge on any atom is 0.171 e. The molecule has 0 radical (unpaired) electrons. The van der Waals surface area contributed by atoms with Gasteiger partial charge in [-0.25, -0.2) is 9.97 Å². The van der Waals surface area contributed by atoms with Gasteiger partial charge in [-0.15, -0.1) is 11.3 Å². The van der Waals surface area contributed by atoms with E-state index in [4.69, 9.17) is 4.98 Å². The lowest BCUT2D eigenvalue weighted by atomic mass is 10.1. The van der Waals surface area contributed by atoms with Crippen molar-refractivity contribution in [2.24, 2.45) is 5.92 Å². The number of anilines is 1. The van der Waals surface area contributed by atoms with Crippen LogP contribution in [-0.2, 0) is 12.8 Å². The second kappa shape index (κ2) is 6.84. The van der Waals surface area contributed by atoms with E-state index in [1.54, 1.807) is 11.3 Å². The van der Waals surface area contributed by atoms with E-state index in [-0.39, 0.29) is 0 Å². The summed E-state index contributed by atoms with van der Waals surface area (Å²) >= 11 is 1.79. The number of hydrogen-bond donors (Lipinski definition) is 1. The van der Waals surface area contributed by atoms with Gasteiger partial charge in [0.2, 0.25) is 0 Å². The summed E-state index contributed by atoms with van der Waals surface area (Å²) in [6.45, 7) is 9.58. The summed E-state index contributed by atoms with van der Waals surface area (Å²) in [6, 6.07) is 6.38. The Labute approximate surface area is 125 Å². The van der Waals surface area contributed by atoms with Crippen LogP contribution in [0.2, 0.25) is 0 Å². The third-order valence-electron chi connectivity index (χ3n) is 2.98. The number of nitrogens with one attached hydrogen (secondary N) is 1. The summed E-state index contributed by atoms with van der Waals surface area (Å²) in [5.41, 5.74) is 1.12. The van der Waals surface area contributed by atoms with Crippen LogP contribution in [0.1, 0.15) is 38.3 Å². The Morgan fingerprint density at radius 2 is 2.00 bits per heavy atom. The number of thiophene rings is 1. The first kappa shape index (κ1) is 15.0. The predicted octanol–water partition coefficient (Wildman–Crippen LogP) is 4.40. The minimum Gasteiger partial charge on any atom is -0.370 e. The molecule has 0 aromatic carbocycles. The first-order chi connectivity index (χ1) is 9.62. The van der Waals surface area contributed by atoms with Gasteiger partial charge in [0.25, 0.3) is 0 Å². The number of hydrogen-bond acceptors (Lipinski definition) is 4. The molecule has 108 valence electrons. The highest BCUT2D eigenvalue weighted by Gasteiger charge is 2.10. The van der Waals surface area contributed by atoms with Gasteiger partial charge in [-0.05, 0) is 37.8 Å². The number of aryl methyl sites for hydroxylation is 1. The third kappa shape index (κ3) is 3.79. The minimum absolute atomic E-state index is 0.599. The van der Waals surface area contributed by atoms with Crippen LogP contribution in [0.15, 0.2) is 18.2 Å². The molecule has 4 heteroatoms. The van der Waals surface area contributed by atoms with E-state index in [2.05, 4.69) is 56.2 Å². The van der Waals surface area contributed by atoms with Crippen LogP contribution in [0.5, 0.6) is 0 Å². The second-order valence-electron chi connectivity index (χ2n) is 5.32. The average Bonchev–Trinajstić information content (AvgIpc) is 2.86. The Morgan fingerprint density at radius 1 is 1.20 bits per heavy atom. The van der Waals surface area contributed by atoms with Crippen LogP contribution >= 0.6 is 11.3 Å². The fourth-order valence-corrected chi connectivity index (χ4v) is 2.97. The lowest BCUT2D eigenvalue weighted by Crippen LogP contribution is -2.05. The molecular weight excluding hydrogens is 266 g/mol. The Morgan fingerprint density at radius 3 is 2.60 bits per heavy atom. The first-order valence-electron chi connectivity index (χ1n) is 7.33. The van der Waals surface area contributed by atoms with Crippen molar-refractivity contribution in [1.82, 2.24) is 9.97 Å². The van der Waals surface area contributed by atoms with Crippen molar-refractivity contribution >= 4 is 17.2 Å². The molecule has 0 aliphatic carbocycles. The molecule has 0 spiro atoms. The van der Waals surface area contributed by atoms with Gasteiger partial charge >= 0.3 is 0 Å². The largest absolute Gasteiger partial charge is 0.370 e. The van der Waals surface area contributed by atoms with Crippen molar-refractivity contribution in [2.75, 3.05) is 11.9 Å². The normalized spacial score (nSPS) is 11.1. The van der Waals surface area contributed by atoms with E-state index >= 15 is 0 Å². The molecule has 0 saturated carbocycles. The van der Waals surface area contributed by atoms with Gasteiger partial charge in [-0.1, -0.05) is 20.8 Å². The molecule has 3 nitrogen and oxygen atoms in total. The topological polar surface area (TPSA) is 37.8 Å². The van der Waals surface area contributed by atoms with E-state index in [1.807, 2.05) is 0 Å². The van der Waals surface area contributed by atoms with Crippen LogP contribution in [0.25, 0.3) is 10.7 Å². The molecule has 20 heavy (non-hydrogen) atoms. The lowest BCUT2D eigenvalue weighted by Gasteiger charge is -2.09. The summed E-state index contributed by atoms with van der Waals surface area (Å²) in [5.74, 6) is 2.38. The molecule has 0 saturated heterocycles. The van der Waals surface area contributed by atoms with Gasteiger partial charge in [0, 0.05) is 23.2 Å². The molecule has 0 atom stereocenters. The van der Waals surface area contributed by atoms with Gasteiger partial charge < -0.3 is 5.32 Å². The molecule has 2 aromatic heterocycles. The predicted molar refractivity (Wildman–Crippen MR) is 87.4 cm³/mol. The number of nitrogens with zero attached hydrogens (tertiary/aromatic N) is 2. The molecule has 0 amide bonds. The molecule has 2 heterocycles. The quantitative estimate of drug-likeness (QED) is 0.856. The van der Waals surface area contributed by atoms with E-state index in [0.717, 1.165) is 41.6 Å². The summed E-state index contributed by atoms with van der Waals surface area (Å²) in [7, 11) is 0. The minimum atomic E-state index is 0.599. The van der Waals surface area contributed by atoms with Crippen LogP contribution in [0.4, 0.5) is 5.82 Å². The van der Waals surface area contributed by atoms with E-state index < -0.39 is 0 Å². The van der Waals surface area contributed by atoms with Gasteiger partial charge in [-0.2, -0.15) is 0 Å². The second-order valence-corrected chi connectivity index (χ2v) is 6.48. The Bertz CT molecular complexity index is 561. The van der Waals surface area contributed by atoms with Gasteiger partial charge in [0.15, 0.2) is 5.82 Å². The summed E-state index contributed by atoms with van der Waals surface area (Å²) in [6.07, 6.45) is 2.05. The van der Waals surface area contributed by atoms with E-state index in [1.165, 1.54) is 4.88 Å². The Kier molecular flexibility index (Phi) is 5.12. The molecule has 1 N–H and O–H groups in total. The highest BCUT2D eigenvalue weighted by Crippen LogP contribution is 2.27. The molecule has 0 unspecified atom stereocenters. The zero-order chi connectivity index (χ0) is 14.5. The molecule has 2 aromatic rings. The number of rotatable bonds is 6. The maximum absolute atomic E-state index is 4.73. The van der Waals surface area contributed by atoms with Crippen LogP contribution in [0, 0.1) is 5.92 Å². The Hall–Kier alpha value is -1.42. The zero-order valence-corrected chi connectivity index (χ0v) is 13.5. The van der Waals surface area contributed by atoms with Crippen molar-refractivity contribution < 1.29 is 0 Å². The van der Waals surface area contributed by atoms with Crippen molar-refractivity contribution in [3.8, 4) is 10.7 Å². The monoisotopic (exact) mass is 289 g/mol. The number of aromatic nitrogens is 2. The fourth-order valence-electron chi connectivity index (χ4n) is 2.09. The third-order valence-corrected chi connectivity index (χ3v) is 4.21. The fraction of sp³-hybridized carbons (Fsp3) is 0.500. The highest BCUT2D eigenvalue weighted by atomic mass is 32.1. The van der Waals surface area contributed by atoms with Crippen LogP contribution < -0.4 is 5.32 Å². The molecule has 2 rings (SSSR count). The molecule has 0 fully saturated rings. The van der Waals surface area contributed by atoms with Crippen molar-refractivity contribution in [3.63, 3.8) is 0 Å².